The lowest BCUT2D eigenvalue weighted by Gasteiger charge is -2.45. The van der Waals surface area contributed by atoms with Gasteiger partial charge < -0.3 is 10.6 Å². The van der Waals surface area contributed by atoms with Gasteiger partial charge >= 0.3 is 6.03 Å². The van der Waals surface area contributed by atoms with E-state index in [-0.39, 0.29) is 23.7 Å². The maximum Gasteiger partial charge on any atom is 0.318 e. The first-order chi connectivity index (χ1) is 18.2. The van der Waals surface area contributed by atoms with Crippen LogP contribution in [0.25, 0.3) is 10.8 Å². The van der Waals surface area contributed by atoms with Crippen molar-refractivity contribution in [1.82, 2.24) is 15.1 Å². The molecule has 0 aromatic heterocycles. The topological polar surface area (TPSA) is 95.7 Å². The Balaban J connectivity index is 1.49. The minimum absolute atomic E-state index is 0.0830. The summed E-state index contributed by atoms with van der Waals surface area (Å²) in [5, 5.41) is 4.45. The number of nitrogens with zero attached hydrogens (tertiary/aromatic N) is 2. The molecule has 38 heavy (non-hydrogen) atoms. The summed E-state index contributed by atoms with van der Waals surface area (Å²) in [7, 11) is 0. The summed E-state index contributed by atoms with van der Waals surface area (Å²) in [5.74, 6) is -0.702. The number of urea groups is 1. The summed E-state index contributed by atoms with van der Waals surface area (Å²) in [4.78, 5) is 41.7. The summed E-state index contributed by atoms with van der Waals surface area (Å²) in [6.07, 6.45) is 2.44. The van der Waals surface area contributed by atoms with E-state index in [1.807, 2.05) is 46.2 Å². The Morgan fingerprint density at radius 2 is 1.68 bits per heavy atom. The number of benzene rings is 3. The number of nitrogens with one attached hydrogen (secondary N) is 1. The molecule has 3 N–H and O–H groups in total. The fraction of sp³-hybridized carbons (Fsp3) is 0.333. The molecule has 1 aliphatic heterocycles. The number of fused-ring (bicyclic) bond motifs is 1. The Hall–Kier alpha value is -3.78. The fourth-order valence-corrected chi connectivity index (χ4v) is 5.08. The number of amides is 4. The van der Waals surface area contributed by atoms with Crippen molar-refractivity contribution in [3.8, 4) is 0 Å². The number of imide groups is 1. The van der Waals surface area contributed by atoms with E-state index in [1.54, 1.807) is 18.6 Å². The van der Waals surface area contributed by atoms with Crippen LogP contribution in [0.1, 0.15) is 25.0 Å². The molecule has 8 heteroatoms. The first-order valence-electron chi connectivity index (χ1n) is 12.9. The zero-order valence-electron chi connectivity index (χ0n) is 21.8. The maximum atomic E-state index is 13.2. The van der Waals surface area contributed by atoms with E-state index in [2.05, 4.69) is 25.2 Å². The maximum absolute atomic E-state index is 13.2. The number of carbonyl (C=O) groups excluding carboxylic acids is 3. The number of nitrogens with two attached hydrogens (primary N) is 1. The minimum atomic E-state index is -0.886. The van der Waals surface area contributed by atoms with Crippen LogP contribution in [0.2, 0.25) is 0 Å². The molecule has 2 atom stereocenters. The highest BCUT2D eigenvalue weighted by Gasteiger charge is 2.37. The van der Waals surface area contributed by atoms with Crippen molar-refractivity contribution in [3.05, 3.63) is 90.1 Å². The molecule has 1 heterocycles. The Labute approximate surface area is 222 Å². The predicted molar refractivity (Wildman–Crippen MR) is 145 cm³/mol. The molecule has 3 aromatic carbocycles. The van der Waals surface area contributed by atoms with Gasteiger partial charge in [-0.3, -0.25) is 19.8 Å². The number of hydrogen-bond acceptors (Lipinski definition) is 4. The molecule has 1 radical (unpaired) electrons. The number of primary amides is 1. The standard InChI is InChI=1S/C30H34FN4O3/c1-20(2)27-19-34(15-16-35(27)28(36)14-10-21-8-12-25(31)13-9-21)26(29(37)33-30(32)38)18-22-7-11-23-5-3-4-6-24(23)17-22/h3-9,11-14,17,20,26-27H,10,15-16,18-19H2,1-2H3,(H3,32,33,37,38). The summed E-state index contributed by atoms with van der Waals surface area (Å²) < 4.78 is 13.2. The van der Waals surface area contributed by atoms with Crippen molar-refractivity contribution in [1.29, 1.82) is 0 Å². The van der Waals surface area contributed by atoms with Crippen molar-refractivity contribution >= 4 is 28.6 Å². The van der Waals surface area contributed by atoms with Gasteiger partial charge in [0.05, 0.1) is 12.5 Å². The van der Waals surface area contributed by atoms with Gasteiger partial charge in [-0.25, -0.2) is 9.18 Å². The smallest absolute Gasteiger partial charge is 0.318 e. The molecule has 7 nitrogen and oxygen atoms in total. The molecular formula is C30H34FN4O3. The Morgan fingerprint density at radius 1 is 1.00 bits per heavy atom. The normalized spacial score (nSPS) is 16.9. The molecule has 1 aliphatic rings. The van der Waals surface area contributed by atoms with E-state index in [0.29, 0.717) is 32.5 Å². The summed E-state index contributed by atoms with van der Waals surface area (Å²) in [6, 6.07) is 18.6. The molecular weight excluding hydrogens is 483 g/mol. The van der Waals surface area contributed by atoms with Crippen LogP contribution < -0.4 is 11.1 Å². The molecule has 3 aromatic rings. The van der Waals surface area contributed by atoms with Gasteiger partial charge in [0, 0.05) is 25.7 Å². The predicted octanol–water partition coefficient (Wildman–Crippen LogP) is 3.70. The Kier molecular flexibility index (Phi) is 8.73. The highest BCUT2D eigenvalue weighted by molar-refractivity contribution is 5.96. The van der Waals surface area contributed by atoms with Gasteiger partial charge in [0.2, 0.25) is 11.8 Å². The summed E-state index contributed by atoms with van der Waals surface area (Å²) >= 11 is 0. The Morgan fingerprint density at radius 3 is 2.37 bits per heavy atom. The van der Waals surface area contributed by atoms with Gasteiger partial charge in [0.25, 0.3) is 0 Å². The van der Waals surface area contributed by atoms with Crippen LogP contribution in [-0.4, -0.2) is 59.4 Å². The van der Waals surface area contributed by atoms with Crippen LogP contribution in [0.4, 0.5) is 9.18 Å². The van der Waals surface area contributed by atoms with E-state index in [1.165, 1.54) is 12.1 Å². The first kappa shape index (κ1) is 27.3. The monoisotopic (exact) mass is 517 g/mol. The van der Waals surface area contributed by atoms with E-state index in [4.69, 9.17) is 5.73 Å². The molecule has 2 unspecified atom stereocenters. The molecule has 4 amide bonds. The zero-order chi connectivity index (χ0) is 27.2. The second-order valence-electron chi connectivity index (χ2n) is 10.1. The van der Waals surface area contributed by atoms with Gasteiger partial charge in [-0.15, -0.1) is 0 Å². The molecule has 0 bridgehead atoms. The molecule has 0 aliphatic carbocycles. The van der Waals surface area contributed by atoms with Crippen LogP contribution in [-0.2, 0) is 22.4 Å². The number of carbonyl (C=O) groups is 3. The van der Waals surface area contributed by atoms with Crippen LogP contribution in [0.15, 0.2) is 66.7 Å². The van der Waals surface area contributed by atoms with Crippen LogP contribution in [0.3, 0.4) is 0 Å². The van der Waals surface area contributed by atoms with Crippen molar-refractivity contribution in [3.63, 3.8) is 0 Å². The zero-order valence-corrected chi connectivity index (χ0v) is 21.8. The van der Waals surface area contributed by atoms with Crippen molar-refractivity contribution in [2.45, 2.75) is 38.8 Å². The fourth-order valence-electron chi connectivity index (χ4n) is 5.08. The number of rotatable bonds is 8. The van der Waals surface area contributed by atoms with Crippen molar-refractivity contribution in [2.24, 2.45) is 11.7 Å². The van der Waals surface area contributed by atoms with E-state index >= 15 is 0 Å². The first-order valence-corrected chi connectivity index (χ1v) is 12.9. The van der Waals surface area contributed by atoms with Gasteiger partial charge in [0.1, 0.15) is 5.82 Å². The highest BCUT2D eigenvalue weighted by Crippen LogP contribution is 2.23. The van der Waals surface area contributed by atoms with Crippen LogP contribution >= 0.6 is 0 Å². The lowest BCUT2D eigenvalue weighted by molar-refractivity contribution is -0.136. The second-order valence-corrected chi connectivity index (χ2v) is 10.1. The molecule has 0 saturated carbocycles. The quantitative estimate of drug-likeness (QED) is 0.476. The van der Waals surface area contributed by atoms with Gasteiger partial charge in [-0.2, -0.15) is 0 Å². The molecule has 4 rings (SSSR count). The van der Waals surface area contributed by atoms with E-state index < -0.39 is 18.0 Å². The van der Waals surface area contributed by atoms with Crippen LogP contribution in [0, 0.1) is 18.2 Å². The number of hydrogen-bond donors (Lipinski definition) is 2. The van der Waals surface area contributed by atoms with E-state index in [9.17, 15) is 18.8 Å². The number of piperazine rings is 1. The molecule has 0 spiro atoms. The second kappa shape index (κ2) is 12.2. The molecule has 199 valence electrons. The average Bonchev–Trinajstić information content (AvgIpc) is 2.90. The van der Waals surface area contributed by atoms with Crippen molar-refractivity contribution in [2.75, 3.05) is 19.6 Å². The SMILES string of the molecule is CC(C)C1CN(C(Cc2ccc3ccccc3c2)C(=O)NC(N)=O)CCN1C(=O)[CH]Cc1ccc(F)cc1. The largest absolute Gasteiger partial charge is 0.351 e. The molecule has 1 fully saturated rings. The van der Waals surface area contributed by atoms with Crippen molar-refractivity contribution < 1.29 is 18.8 Å². The van der Waals surface area contributed by atoms with Crippen LogP contribution in [0.5, 0.6) is 0 Å². The summed E-state index contributed by atoms with van der Waals surface area (Å²) in [6.45, 7) is 5.51. The third-order valence-corrected chi connectivity index (χ3v) is 7.16. The third-order valence-electron chi connectivity index (χ3n) is 7.16. The van der Waals surface area contributed by atoms with Gasteiger partial charge in [0.15, 0.2) is 0 Å². The lowest BCUT2D eigenvalue weighted by Crippen LogP contribution is -2.62. The minimum Gasteiger partial charge on any atom is -0.351 e. The van der Waals surface area contributed by atoms with Gasteiger partial charge in [-0.05, 0) is 52.8 Å². The average molecular weight is 518 g/mol. The van der Waals surface area contributed by atoms with Gasteiger partial charge in [-0.1, -0.05) is 68.4 Å². The number of halogens is 1. The Bertz CT molecular complexity index is 1290. The van der Waals surface area contributed by atoms with E-state index in [0.717, 1.165) is 21.9 Å². The molecule has 1 saturated heterocycles. The lowest BCUT2D eigenvalue weighted by atomic mass is 9.95. The third kappa shape index (κ3) is 6.75. The summed E-state index contributed by atoms with van der Waals surface area (Å²) in [5.41, 5.74) is 7.12. The highest BCUT2D eigenvalue weighted by atomic mass is 19.1.